The van der Waals surface area contributed by atoms with Crippen LogP contribution in [0.5, 0.6) is 0 Å². The van der Waals surface area contributed by atoms with E-state index in [-0.39, 0.29) is 12.4 Å². The second kappa shape index (κ2) is 4.86. The largest absolute Gasteiger partial charge is 0.393 e. The summed E-state index contributed by atoms with van der Waals surface area (Å²) < 4.78 is 6.95. The predicted molar refractivity (Wildman–Crippen MR) is 70.7 cm³/mol. The fourth-order valence-corrected chi connectivity index (χ4v) is 2.53. The molecule has 3 rings (SSSR count). The van der Waals surface area contributed by atoms with Crippen LogP contribution in [0.4, 0.5) is 5.82 Å². The molecule has 21 heavy (non-hydrogen) atoms. The van der Waals surface area contributed by atoms with Gasteiger partial charge in [0.2, 0.25) is 0 Å². The molecule has 2 aromatic rings. The monoisotopic (exact) mass is 296 g/mol. The molecule has 2 aromatic heterocycles. The molecule has 2 unspecified atom stereocenters. The zero-order valence-electron chi connectivity index (χ0n) is 11.0. The summed E-state index contributed by atoms with van der Waals surface area (Å²) in [5.74, 6) is 0.181. The van der Waals surface area contributed by atoms with E-state index in [0.29, 0.717) is 11.2 Å². The van der Waals surface area contributed by atoms with Crippen LogP contribution in [0.15, 0.2) is 12.7 Å². The topological polar surface area (TPSA) is 166 Å². The summed E-state index contributed by atoms with van der Waals surface area (Å²) in [5, 5.41) is 30.1. The first kappa shape index (κ1) is 14.1. The van der Waals surface area contributed by atoms with Gasteiger partial charge in [0, 0.05) is 6.54 Å². The molecule has 0 amide bonds. The summed E-state index contributed by atoms with van der Waals surface area (Å²) in [6.07, 6.45) is -0.644. The lowest BCUT2D eigenvalue weighted by Crippen LogP contribution is -2.50. The number of anilines is 1. The Hall–Kier alpha value is -1.85. The van der Waals surface area contributed by atoms with Crippen molar-refractivity contribution >= 4 is 17.0 Å². The van der Waals surface area contributed by atoms with E-state index < -0.39 is 30.6 Å². The molecular weight excluding hydrogens is 280 g/mol. The molecule has 1 saturated heterocycles. The third-order valence-electron chi connectivity index (χ3n) is 3.72. The average Bonchev–Trinajstić information content (AvgIpc) is 3.01. The Morgan fingerprint density at radius 1 is 1.38 bits per heavy atom. The molecule has 4 atom stereocenters. The van der Waals surface area contributed by atoms with Crippen molar-refractivity contribution in [1.29, 1.82) is 0 Å². The van der Waals surface area contributed by atoms with Crippen LogP contribution in [-0.2, 0) is 4.74 Å². The van der Waals surface area contributed by atoms with E-state index in [1.165, 1.54) is 17.2 Å². The van der Waals surface area contributed by atoms with E-state index in [9.17, 15) is 15.3 Å². The number of fused-ring (bicyclic) bond motifs is 1. The molecule has 1 aliphatic heterocycles. The predicted octanol–water partition coefficient (Wildman–Crippen LogP) is -2.65. The van der Waals surface area contributed by atoms with Gasteiger partial charge in [-0.05, 0) is 0 Å². The van der Waals surface area contributed by atoms with Crippen molar-refractivity contribution in [3.63, 3.8) is 0 Å². The summed E-state index contributed by atoms with van der Waals surface area (Å²) in [7, 11) is 0. The van der Waals surface area contributed by atoms with E-state index in [1.54, 1.807) is 0 Å². The first-order valence-corrected chi connectivity index (χ1v) is 6.32. The lowest BCUT2D eigenvalue weighted by molar-refractivity contribution is -0.132. The number of imidazole rings is 1. The minimum atomic E-state index is -1.92. The fourth-order valence-electron chi connectivity index (χ4n) is 2.53. The SMILES string of the molecule is NC[C@H]1O[C@@H](n2cnc3c(N)ncnc32)C(O)(CO)C1O. The molecule has 1 fully saturated rings. The molecule has 0 aromatic carbocycles. The van der Waals surface area contributed by atoms with Crippen molar-refractivity contribution in [2.75, 3.05) is 18.9 Å². The van der Waals surface area contributed by atoms with Crippen LogP contribution < -0.4 is 11.5 Å². The molecule has 0 saturated carbocycles. The molecule has 3 heterocycles. The standard InChI is InChI=1S/C11H16N6O4/c12-1-5-7(19)11(20,2-18)10(21-5)17-4-16-6-8(13)14-3-15-9(6)17/h3-5,7,10,18-20H,1-2,12H2,(H2,13,14,15)/t5-,7?,10-,11?/m1/s1. The summed E-state index contributed by atoms with van der Waals surface area (Å²) in [6, 6.07) is 0. The second-order valence-corrected chi connectivity index (χ2v) is 4.94. The third kappa shape index (κ3) is 1.88. The van der Waals surface area contributed by atoms with Crippen LogP contribution in [0.1, 0.15) is 6.23 Å². The van der Waals surface area contributed by atoms with Crippen LogP contribution in [0.25, 0.3) is 11.2 Å². The fraction of sp³-hybridized carbons (Fsp3) is 0.545. The maximum atomic E-state index is 10.5. The Morgan fingerprint density at radius 3 is 2.81 bits per heavy atom. The highest BCUT2D eigenvalue weighted by atomic mass is 16.6. The van der Waals surface area contributed by atoms with E-state index in [4.69, 9.17) is 16.2 Å². The molecular formula is C11H16N6O4. The molecule has 7 N–H and O–H groups in total. The van der Waals surface area contributed by atoms with Crippen molar-refractivity contribution < 1.29 is 20.1 Å². The first-order chi connectivity index (χ1) is 10.0. The minimum absolute atomic E-state index is 0.0102. The van der Waals surface area contributed by atoms with Crippen LogP contribution >= 0.6 is 0 Å². The third-order valence-corrected chi connectivity index (χ3v) is 3.72. The van der Waals surface area contributed by atoms with Crippen LogP contribution in [0.2, 0.25) is 0 Å². The molecule has 0 bridgehead atoms. The molecule has 0 aliphatic carbocycles. The molecule has 114 valence electrons. The maximum absolute atomic E-state index is 10.5. The van der Waals surface area contributed by atoms with Gasteiger partial charge in [0.25, 0.3) is 0 Å². The zero-order valence-corrected chi connectivity index (χ0v) is 11.0. The van der Waals surface area contributed by atoms with Crippen molar-refractivity contribution in [3.05, 3.63) is 12.7 Å². The van der Waals surface area contributed by atoms with E-state index in [1.807, 2.05) is 0 Å². The number of rotatable bonds is 3. The zero-order chi connectivity index (χ0) is 15.2. The van der Waals surface area contributed by atoms with E-state index in [2.05, 4.69) is 15.0 Å². The number of hydrogen-bond acceptors (Lipinski definition) is 9. The van der Waals surface area contributed by atoms with Crippen molar-refractivity contribution in [3.8, 4) is 0 Å². The molecule has 10 nitrogen and oxygen atoms in total. The van der Waals surface area contributed by atoms with Gasteiger partial charge in [0.1, 0.15) is 24.1 Å². The number of aliphatic hydroxyl groups is 3. The van der Waals surface area contributed by atoms with Crippen LogP contribution in [0, 0.1) is 0 Å². The number of ether oxygens (including phenoxy) is 1. The molecule has 10 heteroatoms. The van der Waals surface area contributed by atoms with Crippen LogP contribution in [-0.4, -0.2) is 65.8 Å². The normalized spacial score (nSPS) is 32.9. The van der Waals surface area contributed by atoms with Gasteiger partial charge in [0.05, 0.1) is 12.9 Å². The van der Waals surface area contributed by atoms with Gasteiger partial charge < -0.3 is 31.5 Å². The number of aliphatic hydroxyl groups excluding tert-OH is 2. The lowest BCUT2D eigenvalue weighted by Gasteiger charge is -2.29. The van der Waals surface area contributed by atoms with Crippen LogP contribution in [0.3, 0.4) is 0 Å². The molecule has 1 aliphatic rings. The van der Waals surface area contributed by atoms with Gasteiger partial charge in [-0.25, -0.2) is 15.0 Å². The quantitative estimate of drug-likeness (QED) is 0.406. The number of aromatic nitrogens is 4. The highest BCUT2D eigenvalue weighted by Gasteiger charge is 2.56. The number of nitrogens with two attached hydrogens (primary N) is 2. The van der Waals surface area contributed by atoms with Crippen molar-refractivity contribution in [2.24, 2.45) is 5.73 Å². The smallest absolute Gasteiger partial charge is 0.170 e. The lowest BCUT2D eigenvalue weighted by atomic mass is 9.95. The number of nitrogen functional groups attached to an aromatic ring is 1. The van der Waals surface area contributed by atoms with Crippen molar-refractivity contribution in [2.45, 2.75) is 24.0 Å². The summed E-state index contributed by atoms with van der Waals surface area (Å²) >= 11 is 0. The van der Waals surface area contributed by atoms with Crippen molar-refractivity contribution in [1.82, 2.24) is 19.5 Å². The maximum Gasteiger partial charge on any atom is 0.170 e. The molecule has 0 spiro atoms. The van der Waals surface area contributed by atoms with Gasteiger partial charge in [-0.15, -0.1) is 0 Å². The summed E-state index contributed by atoms with van der Waals surface area (Å²) in [5.41, 5.74) is 9.95. The Balaban J connectivity index is 2.11. The van der Waals surface area contributed by atoms with Gasteiger partial charge in [-0.1, -0.05) is 0 Å². The van der Waals surface area contributed by atoms with Gasteiger partial charge in [-0.3, -0.25) is 4.57 Å². The number of nitrogens with zero attached hydrogens (tertiary/aromatic N) is 4. The summed E-state index contributed by atoms with van der Waals surface area (Å²) in [4.78, 5) is 11.9. The Kier molecular flexibility index (Phi) is 3.26. The Morgan fingerprint density at radius 2 is 2.14 bits per heavy atom. The van der Waals surface area contributed by atoms with E-state index in [0.717, 1.165) is 0 Å². The highest BCUT2D eigenvalue weighted by molar-refractivity contribution is 5.81. The Bertz CT molecular complexity index is 663. The Labute approximate surface area is 119 Å². The van der Waals surface area contributed by atoms with E-state index >= 15 is 0 Å². The number of hydrogen-bond donors (Lipinski definition) is 5. The van der Waals surface area contributed by atoms with Gasteiger partial charge in [-0.2, -0.15) is 0 Å². The summed E-state index contributed by atoms with van der Waals surface area (Å²) in [6.45, 7) is -0.723. The van der Waals surface area contributed by atoms with Gasteiger partial charge in [0.15, 0.2) is 23.3 Å². The first-order valence-electron chi connectivity index (χ1n) is 6.32. The average molecular weight is 296 g/mol. The van der Waals surface area contributed by atoms with Gasteiger partial charge >= 0.3 is 0 Å². The molecule has 0 radical (unpaired) electrons. The second-order valence-electron chi connectivity index (χ2n) is 4.94. The highest BCUT2D eigenvalue weighted by Crippen LogP contribution is 2.39. The minimum Gasteiger partial charge on any atom is -0.393 e.